The van der Waals surface area contributed by atoms with Crippen molar-refractivity contribution >= 4 is 60.0 Å². The lowest BCUT2D eigenvalue weighted by atomic mass is 10.2. The summed E-state index contributed by atoms with van der Waals surface area (Å²) in [7, 11) is 0. The van der Waals surface area contributed by atoms with Crippen molar-refractivity contribution in [3.8, 4) is 11.4 Å². The van der Waals surface area contributed by atoms with Crippen LogP contribution in [-0.4, -0.2) is 15.0 Å². The number of thiophene rings is 1. The van der Waals surface area contributed by atoms with Crippen molar-refractivity contribution in [1.82, 2.24) is 15.0 Å². The first-order valence-corrected chi connectivity index (χ1v) is 9.72. The van der Waals surface area contributed by atoms with E-state index in [9.17, 15) is 0 Å². The van der Waals surface area contributed by atoms with Gasteiger partial charge < -0.3 is 10.3 Å². The number of anilines is 1. The molecule has 1 aromatic carbocycles. The van der Waals surface area contributed by atoms with Gasteiger partial charge in [-0.25, -0.2) is 9.97 Å². The third kappa shape index (κ3) is 3.38. The standard InChI is InChI=1S/C17H12Br2N4S/c18-11-6-15-17(21-7-11)23-16(22-15)10-1-3-13(4-2-10)20-8-14-5-12(19)9-24-14/h1-7,9,20H,8H2,(H,21,22,23). The van der Waals surface area contributed by atoms with E-state index in [1.165, 1.54) is 4.88 Å². The minimum atomic E-state index is 0.721. The van der Waals surface area contributed by atoms with Gasteiger partial charge in [0.15, 0.2) is 5.65 Å². The number of H-pyrrole nitrogens is 1. The maximum Gasteiger partial charge on any atom is 0.178 e. The number of fused-ring (bicyclic) bond motifs is 1. The second kappa shape index (κ2) is 6.66. The summed E-state index contributed by atoms with van der Waals surface area (Å²) in [6.07, 6.45) is 1.75. The van der Waals surface area contributed by atoms with E-state index < -0.39 is 0 Å². The number of nitrogens with zero attached hydrogens (tertiary/aromatic N) is 2. The van der Waals surface area contributed by atoms with Crippen LogP contribution < -0.4 is 5.32 Å². The molecule has 24 heavy (non-hydrogen) atoms. The molecule has 7 heteroatoms. The normalized spacial score (nSPS) is 11.1. The predicted molar refractivity (Wildman–Crippen MR) is 106 cm³/mol. The number of hydrogen-bond acceptors (Lipinski definition) is 4. The van der Waals surface area contributed by atoms with Gasteiger partial charge in [-0.15, -0.1) is 11.3 Å². The predicted octanol–water partition coefficient (Wildman–Crippen LogP) is 5.82. The van der Waals surface area contributed by atoms with Gasteiger partial charge in [0.2, 0.25) is 0 Å². The van der Waals surface area contributed by atoms with E-state index in [2.05, 4.69) is 87.8 Å². The number of hydrogen-bond donors (Lipinski definition) is 2. The molecular formula is C17H12Br2N4S. The highest BCUT2D eigenvalue weighted by atomic mass is 79.9. The first kappa shape index (κ1) is 15.8. The molecule has 0 aliphatic carbocycles. The molecule has 0 spiro atoms. The van der Waals surface area contributed by atoms with Crippen LogP contribution in [0.3, 0.4) is 0 Å². The quantitative estimate of drug-likeness (QED) is 0.400. The van der Waals surface area contributed by atoms with E-state index in [4.69, 9.17) is 0 Å². The lowest BCUT2D eigenvalue weighted by molar-refractivity contribution is 1.19. The molecule has 3 heterocycles. The van der Waals surface area contributed by atoms with Crippen LogP contribution in [0.2, 0.25) is 0 Å². The van der Waals surface area contributed by atoms with Gasteiger partial charge in [0.1, 0.15) is 5.82 Å². The number of aromatic amines is 1. The molecule has 0 amide bonds. The van der Waals surface area contributed by atoms with Crippen LogP contribution in [0.1, 0.15) is 4.88 Å². The number of halogens is 2. The summed E-state index contributed by atoms with van der Waals surface area (Å²) in [5, 5.41) is 5.52. The van der Waals surface area contributed by atoms with Crippen molar-refractivity contribution < 1.29 is 0 Å². The van der Waals surface area contributed by atoms with Crippen LogP contribution in [-0.2, 0) is 6.54 Å². The first-order chi connectivity index (χ1) is 11.7. The Labute approximate surface area is 159 Å². The Bertz CT molecular complexity index is 991. The van der Waals surface area contributed by atoms with E-state index in [0.29, 0.717) is 0 Å². The number of aromatic nitrogens is 3. The SMILES string of the molecule is Brc1csc(CNc2ccc(-c3nc4ncc(Br)cc4[nH]3)cc2)c1. The fraction of sp³-hybridized carbons (Fsp3) is 0.0588. The van der Waals surface area contributed by atoms with Crippen LogP contribution in [0.4, 0.5) is 5.69 Å². The van der Waals surface area contributed by atoms with Crippen molar-refractivity contribution in [1.29, 1.82) is 0 Å². The van der Waals surface area contributed by atoms with Crippen LogP contribution in [0, 0.1) is 0 Å². The molecule has 3 aromatic heterocycles. The van der Waals surface area contributed by atoms with Crippen molar-refractivity contribution in [3.63, 3.8) is 0 Å². The van der Waals surface area contributed by atoms with Gasteiger partial charge in [-0.3, -0.25) is 0 Å². The molecule has 0 bridgehead atoms. The van der Waals surface area contributed by atoms with Crippen molar-refractivity contribution in [2.75, 3.05) is 5.32 Å². The number of imidazole rings is 1. The van der Waals surface area contributed by atoms with E-state index in [0.717, 1.165) is 43.7 Å². The first-order valence-electron chi connectivity index (χ1n) is 7.26. The maximum atomic E-state index is 4.54. The molecule has 120 valence electrons. The molecule has 0 saturated heterocycles. The molecular weight excluding hydrogens is 452 g/mol. The van der Waals surface area contributed by atoms with Gasteiger partial charge in [-0.2, -0.15) is 0 Å². The highest BCUT2D eigenvalue weighted by Gasteiger charge is 2.07. The molecule has 0 fully saturated rings. The number of benzene rings is 1. The molecule has 4 aromatic rings. The largest absolute Gasteiger partial charge is 0.380 e. The smallest absolute Gasteiger partial charge is 0.178 e. The minimum Gasteiger partial charge on any atom is -0.380 e. The molecule has 0 aliphatic heterocycles. The van der Waals surface area contributed by atoms with Gasteiger partial charge in [0.25, 0.3) is 0 Å². The van der Waals surface area contributed by atoms with Gasteiger partial charge >= 0.3 is 0 Å². The molecule has 2 N–H and O–H groups in total. The van der Waals surface area contributed by atoms with E-state index in [1.54, 1.807) is 17.5 Å². The fourth-order valence-corrected chi connectivity index (χ4v) is 4.11. The second-order valence-corrected chi connectivity index (χ2v) is 8.10. The average molecular weight is 464 g/mol. The lowest BCUT2D eigenvalue weighted by Gasteiger charge is -2.05. The average Bonchev–Trinajstić information content (AvgIpc) is 3.19. The van der Waals surface area contributed by atoms with Crippen molar-refractivity contribution in [2.45, 2.75) is 6.54 Å². The second-order valence-electron chi connectivity index (χ2n) is 5.27. The fourth-order valence-electron chi connectivity index (χ4n) is 2.39. The zero-order valence-electron chi connectivity index (χ0n) is 12.4. The molecule has 0 saturated carbocycles. The van der Waals surface area contributed by atoms with E-state index in [-0.39, 0.29) is 0 Å². The monoisotopic (exact) mass is 462 g/mol. The van der Waals surface area contributed by atoms with Crippen LogP contribution in [0.15, 0.2) is 56.9 Å². The third-order valence-corrected chi connectivity index (χ3v) is 5.68. The summed E-state index contributed by atoms with van der Waals surface area (Å²) in [5.41, 5.74) is 3.76. The Morgan fingerprint density at radius 2 is 1.92 bits per heavy atom. The van der Waals surface area contributed by atoms with E-state index in [1.807, 2.05) is 6.07 Å². The van der Waals surface area contributed by atoms with Crippen molar-refractivity contribution in [2.24, 2.45) is 0 Å². The van der Waals surface area contributed by atoms with Gasteiger partial charge in [-0.05, 0) is 68.3 Å². The Hall–Kier alpha value is -1.70. The number of pyridine rings is 1. The van der Waals surface area contributed by atoms with Crippen LogP contribution in [0.25, 0.3) is 22.6 Å². The topological polar surface area (TPSA) is 53.6 Å². The minimum absolute atomic E-state index is 0.721. The molecule has 0 radical (unpaired) electrons. The third-order valence-electron chi connectivity index (χ3n) is 3.55. The highest BCUT2D eigenvalue weighted by molar-refractivity contribution is 9.10. The molecule has 0 aliphatic rings. The zero-order chi connectivity index (χ0) is 16.5. The summed E-state index contributed by atoms with van der Waals surface area (Å²) in [4.78, 5) is 13.4. The Balaban J connectivity index is 1.51. The Morgan fingerprint density at radius 1 is 1.08 bits per heavy atom. The summed E-state index contributed by atoms with van der Waals surface area (Å²) in [5.74, 6) is 0.823. The van der Waals surface area contributed by atoms with Gasteiger partial charge in [-0.1, -0.05) is 0 Å². The van der Waals surface area contributed by atoms with Gasteiger partial charge in [0, 0.05) is 43.2 Å². The lowest BCUT2D eigenvalue weighted by Crippen LogP contribution is -1.96. The molecule has 4 rings (SSSR count). The number of nitrogens with one attached hydrogen (secondary N) is 2. The van der Waals surface area contributed by atoms with Crippen LogP contribution >= 0.6 is 43.2 Å². The maximum absolute atomic E-state index is 4.54. The number of rotatable bonds is 4. The summed E-state index contributed by atoms with van der Waals surface area (Å²) in [6, 6.07) is 12.3. The summed E-state index contributed by atoms with van der Waals surface area (Å²) in [6.45, 7) is 0.818. The van der Waals surface area contributed by atoms with Gasteiger partial charge in [0.05, 0.1) is 5.52 Å². The zero-order valence-corrected chi connectivity index (χ0v) is 16.4. The molecule has 4 nitrogen and oxygen atoms in total. The van der Waals surface area contributed by atoms with Crippen molar-refractivity contribution in [3.05, 3.63) is 61.8 Å². The Morgan fingerprint density at radius 3 is 2.67 bits per heavy atom. The molecule has 0 atom stereocenters. The molecule has 0 unspecified atom stereocenters. The highest BCUT2D eigenvalue weighted by Crippen LogP contribution is 2.24. The Kier molecular flexibility index (Phi) is 4.39. The van der Waals surface area contributed by atoms with E-state index >= 15 is 0 Å². The van der Waals surface area contributed by atoms with Crippen LogP contribution in [0.5, 0.6) is 0 Å². The summed E-state index contributed by atoms with van der Waals surface area (Å²) >= 11 is 8.64. The summed E-state index contributed by atoms with van der Waals surface area (Å²) < 4.78 is 2.06.